The topological polar surface area (TPSA) is 9.23 Å². The number of hydrogen-bond donors (Lipinski definition) is 0. The highest BCUT2D eigenvalue weighted by atomic mass is 16.5. The van der Waals surface area contributed by atoms with E-state index < -0.39 is 0 Å². The van der Waals surface area contributed by atoms with E-state index in [1.54, 1.807) is 0 Å². The summed E-state index contributed by atoms with van der Waals surface area (Å²) in [6, 6.07) is 0. The number of hydrogen-bond acceptors (Lipinski definition) is 1. The lowest BCUT2D eigenvalue weighted by atomic mass is 9.91. The molecule has 1 unspecified atom stereocenters. The second kappa shape index (κ2) is 2.13. The molecule has 0 spiro atoms. The van der Waals surface area contributed by atoms with Crippen LogP contribution in [0.3, 0.4) is 0 Å². The molecule has 0 saturated carbocycles. The van der Waals surface area contributed by atoms with Crippen LogP contribution in [0.15, 0.2) is 24.0 Å². The largest absolute Gasteiger partial charge is 0.492 e. The van der Waals surface area contributed by atoms with Gasteiger partial charge in [-0.15, -0.1) is 0 Å². The number of ether oxygens (including phenoxy) is 1. The quantitative estimate of drug-likeness (QED) is 0.516. The lowest BCUT2D eigenvalue weighted by Gasteiger charge is -2.16. The van der Waals surface area contributed by atoms with Crippen LogP contribution in [0.5, 0.6) is 0 Å². The molecule has 0 aromatic heterocycles. The highest BCUT2D eigenvalue weighted by Crippen LogP contribution is 2.40. The summed E-state index contributed by atoms with van der Waals surface area (Å²) in [5.74, 6) is 1.85. The zero-order chi connectivity index (χ0) is 7.90. The minimum atomic E-state index is 0.0719. The predicted molar refractivity (Wildman–Crippen MR) is 45.1 cm³/mol. The van der Waals surface area contributed by atoms with Crippen LogP contribution in [0.4, 0.5) is 0 Å². The summed E-state index contributed by atoms with van der Waals surface area (Å²) < 4.78 is 5.76. The van der Waals surface area contributed by atoms with Gasteiger partial charge in [0.05, 0.1) is 0 Å². The Morgan fingerprint density at radius 3 is 3.09 bits per heavy atom. The molecule has 2 rings (SSSR count). The molecule has 1 heteroatoms. The highest BCUT2D eigenvalue weighted by Gasteiger charge is 2.36. The Hall–Kier alpha value is -0.720. The first kappa shape index (κ1) is 6.96. The molecule has 60 valence electrons. The van der Waals surface area contributed by atoms with Crippen molar-refractivity contribution in [3.05, 3.63) is 24.0 Å². The van der Waals surface area contributed by atoms with E-state index in [0.717, 1.165) is 6.42 Å². The van der Waals surface area contributed by atoms with Gasteiger partial charge in [-0.1, -0.05) is 12.2 Å². The Bertz CT molecular complexity index is 223. The number of allylic oxidation sites excluding steroid dienone is 4. The van der Waals surface area contributed by atoms with Crippen LogP contribution in [-0.2, 0) is 4.74 Å². The SMILES string of the molecule is CC1(C)CC2CC=CC=C2O1. The molecule has 0 radical (unpaired) electrons. The van der Waals surface area contributed by atoms with Crippen LogP contribution in [0.2, 0.25) is 0 Å². The van der Waals surface area contributed by atoms with E-state index in [1.165, 1.54) is 12.2 Å². The Kier molecular flexibility index (Phi) is 1.35. The third-order valence-corrected chi connectivity index (χ3v) is 2.35. The maximum Gasteiger partial charge on any atom is 0.104 e. The van der Waals surface area contributed by atoms with Crippen molar-refractivity contribution in [3.63, 3.8) is 0 Å². The van der Waals surface area contributed by atoms with Crippen molar-refractivity contribution >= 4 is 0 Å². The van der Waals surface area contributed by atoms with Gasteiger partial charge in [0.1, 0.15) is 11.4 Å². The van der Waals surface area contributed by atoms with E-state index in [-0.39, 0.29) is 5.60 Å². The molecule has 1 heterocycles. The summed E-state index contributed by atoms with van der Waals surface area (Å²) in [7, 11) is 0. The Labute approximate surface area is 67.7 Å². The van der Waals surface area contributed by atoms with Gasteiger partial charge >= 0.3 is 0 Å². The van der Waals surface area contributed by atoms with Gasteiger partial charge in [0.15, 0.2) is 0 Å². The molecule has 2 aliphatic rings. The smallest absolute Gasteiger partial charge is 0.104 e. The van der Waals surface area contributed by atoms with E-state index in [1.807, 2.05) is 0 Å². The first-order valence-electron chi connectivity index (χ1n) is 4.23. The third-order valence-electron chi connectivity index (χ3n) is 2.35. The van der Waals surface area contributed by atoms with E-state index in [2.05, 4.69) is 32.1 Å². The Balaban J connectivity index is 2.21. The fraction of sp³-hybridized carbons (Fsp3) is 0.600. The van der Waals surface area contributed by atoms with Crippen LogP contribution >= 0.6 is 0 Å². The molecule has 1 atom stereocenters. The monoisotopic (exact) mass is 150 g/mol. The van der Waals surface area contributed by atoms with Gasteiger partial charge in [0, 0.05) is 5.92 Å². The van der Waals surface area contributed by atoms with E-state index in [4.69, 9.17) is 4.74 Å². The zero-order valence-electron chi connectivity index (χ0n) is 7.13. The van der Waals surface area contributed by atoms with Gasteiger partial charge in [-0.05, 0) is 32.8 Å². The molecule has 11 heavy (non-hydrogen) atoms. The van der Waals surface area contributed by atoms with Crippen molar-refractivity contribution < 1.29 is 4.74 Å². The van der Waals surface area contributed by atoms with Crippen LogP contribution in [0, 0.1) is 5.92 Å². The molecule has 0 N–H and O–H groups in total. The van der Waals surface area contributed by atoms with E-state index >= 15 is 0 Å². The maximum absolute atomic E-state index is 5.76. The molecular formula is C10H14O. The van der Waals surface area contributed by atoms with E-state index in [9.17, 15) is 0 Å². The zero-order valence-corrected chi connectivity index (χ0v) is 7.13. The van der Waals surface area contributed by atoms with Crippen LogP contribution in [0.1, 0.15) is 26.7 Å². The third kappa shape index (κ3) is 1.20. The molecule has 1 nitrogen and oxygen atoms in total. The maximum atomic E-state index is 5.76. The van der Waals surface area contributed by atoms with Gasteiger partial charge in [0.2, 0.25) is 0 Å². The van der Waals surface area contributed by atoms with Crippen molar-refractivity contribution in [3.8, 4) is 0 Å². The van der Waals surface area contributed by atoms with Crippen LogP contribution < -0.4 is 0 Å². The molecule has 1 saturated heterocycles. The standard InChI is InChI=1S/C10H14O/c1-10(2)7-8-5-3-4-6-9(8)11-10/h3-4,6,8H,5,7H2,1-2H3. The Morgan fingerprint density at radius 2 is 2.36 bits per heavy atom. The average Bonchev–Trinajstić information content (AvgIpc) is 2.21. The predicted octanol–water partition coefficient (Wildman–Crippen LogP) is 2.65. The molecule has 0 aromatic carbocycles. The second-order valence-corrected chi connectivity index (χ2v) is 4.00. The lowest BCUT2D eigenvalue weighted by molar-refractivity contribution is 0.0766. The minimum Gasteiger partial charge on any atom is -0.492 e. The van der Waals surface area contributed by atoms with E-state index in [0.29, 0.717) is 5.92 Å². The average molecular weight is 150 g/mol. The normalized spacial score (nSPS) is 32.5. The van der Waals surface area contributed by atoms with Gasteiger partial charge in [-0.3, -0.25) is 0 Å². The first-order valence-corrected chi connectivity index (χ1v) is 4.23. The first-order chi connectivity index (χ1) is 5.17. The summed E-state index contributed by atoms with van der Waals surface area (Å²) in [5, 5.41) is 0. The van der Waals surface area contributed by atoms with Crippen molar-refractivity contribution in [2.75, 3.05) is 0 Å². The van der Waals surface area contributed by atoms with Crippen molar-refractivity contribution in [1.29, 1.82) is 0 Å². The highest BCUT2D eigenvalue weighted by molar-refractivity contribution is 5.20. The summed E-state index contributed by atoms with van der Waals surface area (Å²) in [6.45, 7) is 4.32. The molecule has 0 amide bonds. The summed E-state index contributed by atoms with van der Waals surface area (Å²) in [5.41, 5.74) is 0.0719. The molecule has 1 aliphatic heterocycles. The summed E-state index contributed by atoms with van der Waals surface area (Å²) >= 11 is 0. The molecule has 0 bridgehead atoms. The molecular weight excluding hydrogens is 136 g/mol. The van der Waals surface area contributed by atoms with Crippen LogP contribution in [0.25, 0.3) is 0 Å². The van der Waals surface area contributed by atoms with Crippen LogP contribution in [-0.4, -0.2) is 5.60 Å². The Morgan fingerprint density at radius 1 is 1.55 bits per heavy atom. The minimum absolute atomic E-state index is 0.0719. The lowest BCUT2D eigenvalue weighted by Crippen LogP contribution is -2.16. The van der Waals surface area contributed by atoms with Gasteiger partial charge < -0.3 is 4.74 Å². The number of rotatable bonds is 0. The molecule has 1 aliphatic carbocycles. The van der Waals surface area contributed by atoms with Crippen molar-refractivity contribution in [1.82, 2.24) is 0 Å². The fourth-order valence-corrected chi connectivity index (χ4v) is 1.91. The van der Waals surface area contributed by atoms with Crippen molar-refractivity contribution in [2.45, 2.75) is 32.3 Å². The second-order valence-electron chi connectivity index (χ2n) is 4.00. The summed E-state index contributed by atoms with van der Waals surface area (Å²) in [6.07, 6.45) is 8.74. The van der Waals surface area contributed by atoms with Crippen molar-refractivity contribution in [2.24, 2.45) is 5.92 Å². The molecule has 1 fully saturated rings. The van der Waals surface area contributed by atoms with Gasteiger partial charge in [-0.2, -0.15) is 0 Å². The van der Waals surface area contributed by atoms with Gasteiger partial charge in [0.25, 0.3) is 0 Å². The summed E-state index contributed by atoms with van der Waals surface area (Å²) in [4.78, 5) is 0. The fourth-order valence-electron chi connectivity index (χ4n) is 1.91. The molecule has 0 aromatic rings. The number of fused-ring (bicyclic) bond motifs is 1. The van der Waals surface area contributed by atoms with Gasteiger partial charge in [-0.25, -0.2) is 0 Å².